The minimum absolute atomic E-state index is 0. The first kappa shape index (κ1) is 64.1. The van der Waals surface area contributed by atoms with Crippen LogP contribution in [0.25, 0.3) is 149 Å². The Morgan fingerprint density at radius 3 is 1.30 bits per heavy atom. The number of imidazole rings is 1. The van der Waals surface area contributed by atoms with Gasteiger partial charge in [0, 0.05) is 35.4 Å². The van der Waals surface area contributed by atoms with Crippen molar-refractivity contribution in [2.24, 2.45) is 0 Å². The van der Waals surface area contributed by atoms with E-state index in [0.29, 0.717) is 0 Å². The molecule has 470 valence electrons. The summed E-state index contributed by atoms with van der Waals surface area (Å²) in [5.41, 5.74) is 21.2. The molecule has 18 aromatic rings. The Morgan fingerprint density at radius 1 is 0.303 bits per heavy atom. The van der Waals surface area contributed by atoms with E-state index in [1.54, 1.807) is 12.4 Å². The van der Waals surface area contributed by atoms with E-state index in [4.69, 9.17) is 4.98 Å². The fraction of sp³-hybridized carbons (Fsp3) is 0.0108. The van der Waals surface area contributed by atoms with Gasteiger partial charge < -0.3 is 15.0 Å². The number of rotatable bonds is 9. The van der Waals surface area contributed by atoms with E-state index in [9.17, 15) is 0 Å². The molecule has 18 rings (SSSR count). The number of aryl methyl sites for hydroxylation is 1. The van der Waals surface area contributed by atoms with Crippen molar-refractivity contribution in [2.45, 2.75) is 6.92 Å². The number of hydrogen-bond donors (Lipinski definition) is 0. The average molecular weight is 1440 g/mol. The summed E-state index contributed by atoms with van der Waals surface area (Å²) in [6.45, 7) is 2.12. The summed E-state index contributed by atoms with van der Waals surface area (Å²) in [7, 11) is 0. The number of fused-ring (bicyclic) bond motifs is 5. The molecular formula is C93H64IrN5. The van der Waals surface area contributed by atoms with Crippen molar-refractivity contribution < 1.29 is 20.1 Å². The van der Waals surface area contributed by atoms with E-state index in [0.717, 1.165) is 67.4 Å². The standard InChI is InChI=1S/C53H34N2.C18H14N.2C11H8N.Ir/c1-2-16-44(17-3-1)55-50-21-11-10-20-49(50)54-53(55)38-26-22-37(23-27-38)41-30-31-47-48(34-41)52(43-29-25-36-13-5-7-15-40(36)33-43)46-19-9-8-18-45(46)51(47)42-28-24-35-12-4-6-14-39(35)32-42;1-14-12-18(16-10-6-3-7-11-16)19-13-17(14)15-8-4-2-5-9-15;2*1-2-6-10(7-3-1)11-8-4-5-9-12-11;/h1-34H;2-10,12-13H,1H3;2*1-6,8-9H;/q;3*-1;+3. The minimum atomic E-state index is 0. The molecule has 0 radical (unpaired) electrons. The third kappa shape index (κ3) is 14.2. The van der Waals surface area contributed by atoms with Crippen molar-refractivity contribution in [3.05, 3.63) is 394 Å². The first-order valence-corrected chi connectivity index (χ1v) is 32.9. The van der Waals surface area contributed by atoms with Crippen molar-refractivity contribution >= 4 is 54.1 Å². The predicted octanol–water partition coefficient (Wildman–Crippen LogP) is 23.9. The van der Waals surface area contributed by atoms with Gasteiger partial charge in [0.25, 0.3) is 0 Å². The van der Waals surface area contributed by atoms with Crippen LogP contribution in [0.2, 0.25) is 0 Å². The van der Waals surface area contributed by atoms with E-state index < -0.39 is 0 Å². The van der Waals surface area contributed by atoms with E-state index in [1.165, 1.54) is 87.6 Å². The fourth-order valence-electron chi connectivity index (χ4n) is 12.9. The molecular weight excluding hydrogens is 1380 g/mol. The second kappa shape index (κ2) is 30.2. The van der Waals surface area contributed by atoms with Crippen LogP contribution in [0, 0.1) is 25.1 Å². The molecule has 99 heavy (non-hydrogen) atoms. The Bertz CT molecular complexity index is 5570. The van der Waals surface area contributed by atoms with Gasteiger partial charge in [-0.3, -0.25) is 4.57 Å². The molecule has 0 bridgehead atoms. The molecule has 0 aliphatic heterocycles. The number of hydrogen-bond acceptors (Lipinski definition) is 4. The Hall–Kier alpha value is -12.3. The zero-order chi connectivity index (χ0) is 65.8. The molecule has 0 atom stereocenters. The van der Waals surface area contributed by atoms with Gasteiger partial charge in [-0.1, -0.05) is 224 Å². The summed E-state index contributed by atoms with van der Waals surface area (Å²) in [6.07, 6.45) is 5.52. The first-order chi connectivity index (χ1) is 48.5. The van der Waals surface area contributed by atoms with E-state index >= 15 is 0 Å². The molecule has 5 nitrogen and oxygen atoms in total. The van der Waals surface area contributed by atoms with Gasteiger partial charge in [0.05, 0.1) is 11.0 Å². The van der Waals surface area contributed by atoms with E-state index in [1.807, 2.05) is 134 Å². The van der Waals surface area contributed by atoms with Crippen molar-refractivity contribution in [3.8, 4) is 95.4 Å². The number of para-hydroxylation sites is 3. The summed E-state index contributed by atoms with van der Waals surface area (Å²) in [6, 6.07) is 132. The second-order valence-electron chi connectivity index (χ2n) is 23.9. The zero-order valence-corrected chi connectivity index (χ0v) is 56.7. The van der Waals surface area contributed by atoms with Gasteiger partial charge in [-0.25, -0.2) is 4.98 Å². The second-order valence-corrected chi connectivity index (χ2v) is 23.9. The van der Waals surface area contributed by atoms with Crippen LogP contribution in [0.15, 0.2) is 370 Å². The molecule has 4 aromatic heterocycles. The van der Waals surface area contributed by atoms with Gasteiger partial charge in [0.2, 0.25) is 0 Å². The van der Waals surface area contributed by atoms with Gasteiger partial charge in [-0.15, -0.1) is 108 Å². The zero-order valence-electron chi connectivity index (χ0n) is 54.3. The van der Waals surface area contributed by atoms with Gasteiger partial charge in [0.15, 0.2) is 0 Å². The maximum atomic E-state index is 5.12. The molecule has 14 aromatic carbocycles. The van der Waals surface area contributed by atoms with E-state index in [-0.39, 0.29) is 20.1 Å². The molecule has 0 N–H and O–H groups in total. The molecule has 4 heterocycles. The summed E-state index contributed by atoms with van der Waals surface area (Å²) in [4.78, 5) is 18.1. The Kier molecular flexibility index (Phi) is 19.5. The Morgan fingerprint density at radius 2 is 0.758 bits per heavy atom. The van der Waals surface area contributed by atoms with Crippen LogP contribution < -0.4 is 0 Å². The van der Waals surface area contributed by atoms with Gasteiger partial charge >= 0.3 is 20.1 Å². The van der Waals surface area contributed by atoms with Gasteiger partial charge in [-0.2, -0.15) is 0 Å². The average Bonchev–Trinajstić information content (AvgIpc) is 1.42. The molecule has 0 unspecified atom stereocenters. The number of pyridine rings is 3. The van der Waals surface area contributed by atoms with Crippen LogP contribution in [0.1, 0.15) is 5.56 Å². The molecule has 0 fully saturated rings. The SMILES string of the molecule is Cc1cc(-c2[c-]cccc2)ncc1-c1ccccc1.[Ir+3].[c-]1ccccc1-c1ccccn1.[c-]1ccccc1-c1ccccn1.c1ccc(-n2c(-c3ccc(-c4ccc5c(-c6ccc7ccccc7c6)c6ccccc6c(-c6ccc7ccccc7c6)c5c4)cc3)nc3ccccc32)cc1. The van der Waals surface area contributed by atoms with Crippen LogP contribution in [-0.4, -0.2) is 24.5 Å². The fourth-order valence-corrected chi connectivity index (χ4v) is 12.9. The largest absolute Gasteiger partial charge is 3.00 e. The van der Waals surface area contributed by atoms with Crippen LogP contribution in [0.5, 0.6) is 0 Å². The summed E-state index contributed by atoms with van der Waals surface area (Å²) < 4.78 is 2.26. The molecule has 0 aliphatic rings. The van der Waals surface area contributed by atoms with E-state index in [2.05, 4.69) is 269 Å². The molecule has 0 amide bonds. The van der Waals surface area contributed by atoms with Crippen LogP contribution in [0.3, 0.4) is 0 Å². The van der Waals surface area contributed by atoms with Crippen LogP contribution in [-0.2, 0) is 20.1 Å². The molecule has 0 aliphatic carbocycles. The normalized spacial score (nSPS) is 10.8. The topological polar surface area (TPSA) is 56.5 Å². The van der Waals surface area contributed by atoms with Crippen LogP contribution in [0.4, 0.5) is 0 Å². The Balaban J connectivity index is 0.000000152. The third-order valence-electron chi connectivity index (χ3n) is 17.6. The molecule has 0 saturated carbocycles. The van der Waals surface area contributed by atoms with Crippen molar-refractivity contribution in [1.82, 2.24) is 24.5 Å². The predicted molar refractivity (Wildman–Crippen MR) is 409 cm³/mol. The van der Waals surface area contributed by atoms with Crippen molar-refractivity contribution in [2.75, 3.05) is 0 Å². The number of nitrogens with zero attached hydrogens (tertiary/aromatic N) is 5. The van der Waals surface area contributed by atoms with Crippen molar-refractivity contribution in [3.63, 3.8) is 0 Å². The Labute approximate surface area is 591 Å². The third-order valence-corrected chi connectivity index (χ3v) is 17.6. The summed E-state index contributed by atoms with van der Waals surface area (Å²) in [5, 5.41) is 9.97. The number of aromatic nitrogens is 5. The maximum absolute atomic E-state index is 5.12. The maximum Gasteiger partial charge on any atom is 3.00 e. The molecule has 0 saturated heterocycles. The minimum Gasteiger partial charge on any atom is -0.305 e. The monoisotopic (exact) mass is 1440 g/mol. The van der Waals surface area contributed by atoms with Crippen molar-refractivity contribution in [1.29, 1.82) is 0 Å². The summed E-state index contributed by atoms with van der Waals surface area (Å²) >= 11 is 0. The quantitative estimate of drug-likeness (QED) is 0.107. The smallest absolute Gasteiger partial charge is 0.305 e. The molecule has 6 heteroatoms. The number of benzene rings is 14. The summed E-state index contributed by atoms with van der Waals surface area (Å²) in [5.74, 6) is 0.933. The van der Waals surface area contributed by atoms with Crippen LogP contribution >= 0.6 is 0 Å². The first-order valence-electron chi connectivity index (χ1n) is 32.9. The van der Waals surface area contributed by atoms with Gasteiger partial charge in [0.1, 0.15) is 5.82 Å². The van der Waals surface area contributed by atoms with Gasteiger partial charge in [-0.05, 0) is 166 Å². The molecule has 0 spiro atoms.